The summed E-state index contributed by atoms with van der Waals surface area (Å²) in [4.78, 5) is 14.1. The quantitative estimate of drug-likeness (QED) is 0.877. The summed E-state index contributed by atoms with van der Waals surface area (Å²) in [6.07, 6.45) is 0.703. The maximum Gasteiger partial charge on any atom is 0.255 e. The van der Waals surface area contributed by atoms with E-state index in [1.807, 2.05) is 6.07 Å². The minimum atomic E-state index is -0.599. The predicted molar refractivity (Wildman–Crippen MR) is 78.0 cm³/mol. The van der Waals surface area contributed by atoms with E-state index in [1.54, 1.807) is 17.0 Å². The molecule has 3 nitrogen and oxygen atoms in total. The third kappa shape index (κ3) is 2.59. The number of nitrogens with zero attached hydrogens (tertiary/aromatic N) is 1. The normalized spacial score (nSPS) is 13.9. The van der Waals surface area contributed by atoms with Crippen molar-refractivity contribution in [3.8, 4) is 5.75 Å². The van der Waals surface area contributed by atoms with E-state index in [2.05, 4.69) is 0 Å². The zero-order chi connectivity index (χ0) is 15.0. The van der Waals surface area contributed by atoms with Gasteiger partial charge in [0.2, 0.25) is 0 Å². The Balaban J connectivity index is 1.89. The predicted octanol–water partition coefficient (Wildman–Crippen LogP) is 3.38. The number of carbonyl (C=O) groups is 1. The highest BCUT2D eigenvalue weighted by atomic mass is 35.5. The summed E-state index contributed by atoms with van der Waals surface area (Å²) in [5.74, 6) is -0.724. The lowest BCUT2D eigenvalue weighted by molar-refractivity contribution is 0.0734. The summed E-state index contributed by atoms with van der Waals surface area (Å²) in [5.41, 5.74) is 2.18. The number of amides is 1. The first-order valence-corrected chi connectivity index (χ1v) is 6.98. The van der Waals surface area contributed by atoms with Crippen molar-refractivity contribution >= 4 is 17.5 Å². The van der Waals surface area contributed by atoms with Crippen LogP contribution >= 0.6 is 11.6 Å². The van der Waals surface area contributed by atoms with Crippen LogP contribution in [0.5, 0.6) is 5.75 Å². The molecule has 0 saturated heterocycles. The summed E-state index contributed by atoms with van der Waals surface area (Å²) >= 11 is 5.87. The first-order valence-electron chi connectivity index (χ1n) is 6.60. The minimum Gasteiger partial charge on any atom is -0.508 e. The molecule has 21 heavy (non-hydrogen) atoms. The topological polar surface area (TPSA) is 40.5 Å². The average Bonchev–Trinajstić information content (AvgIpc) is 2.48. The van der Waals surface area contributed by atoms with Crippen molar-refractivity contribution in [3.05, 3.63) is 63.9 Å². The molecule has 2 aromatic carbocycles. The van der Waals surface area contributed by atoms with Gasteiger partial charge in [0.25, 0.3) is 5.91 Å². The van der Waals surface area contributed by atoms with E-state index in [0.29, 0.717) is 19.5 Å². The molecule has 1 N–H and O–H groups in total. The fourth-order valence-corrected chi connectivity index (χ4v) is 2.76. The van der Waals surface area contributed by atoms with E-state index in [9.17, 15) is 14.3 Å². The number of carbonyl (C=O) groups excluding carboxylic acids is 1. The van der Waals surface area contributed by atoms with Crippen LogP contribution in [0, 0.1) is 5.82 Å². The molecule has 3 rings (SSSR count). The van der Waals surface area contributed by atoms with Crippen molar-refractivity contribution < 1.29 is 14.3 Å². The zero-order valence-electron chi connectivity index (χ0n) is 11.1. The lowest BCUT2D eigenvalue weighted by atomic mass is 9.99. The molecule has 0 aliphatic carbocycles. The fraction of sp³-hybridized carbons (Fsp3) is 0.188. The number of aromatic hydroxyl groups is 1. The van der Waals surface area contributed by atoms with E-state index >= 15 is 0 Å². The number of fused-ring (bicyclic) bond motifs is 1. The van der Waals surface area contributed by atoms with Gasteiger partial charge in [0, 0.05) is 13.1 Å². The number of hydrogen-bond donors (Lipinski definition) is 1. The molecule has 1 heterocycles. The molecule has 0 radical (unpaired) electrons. The Hall–Kier alpha value is -2.07. The molecule has 5 heteroatoms. The second kappa shape index (κ2) is 5.37. The first-order chi connectivity index (χ1) is 10.1. The van der Waals surface area contributed by atoms with Crippen molar-refractivity contribution in [2.45, 2.75) is 13.0 Å². The molecule has 1 amide bonds. The van der Waals surface area contributed by atoms with Crippen molar-refractivity contribution in [2.24, 2.45) is 0 Å². The van der Waals surface area contributed by atoms with Crippen LogP contribution in [-0.2, 0) is 13.0 Å². The van der Waals surface area contributed by atoms with Crippen molar-refractivity contribution in [3.63, 3.8) is 0 Å². The molecule has 0 bridgehead atoms. The molecule has 0 spiro atoms. The first kappa shape index (κ1) is 13.9. The molecular formula is C16H13ClFNO2. The van der Waals surface area contributed by atoms with Gasteiger partial charge in [-0.2, -0.15) is 0 Å². The molecular weight excluding hydrogens is 293 g/mol. The molecule has 1 aliphatic rings. The minimum absolute atomic E-state index is 0.149. The van der Waals surface area contributed by atoms with Gasteiger partial charge in [-0.1, -0.05) is 23.7 Å². The highest BCUT2D eigenvalue weighted by Crippen LogP contribution is 2.26. The third-order valence-corrected chi connectivity index (χ3v) is 4.06. The molecule has 0 atom stereocenters. The molecule has 0 saturated carbocycles. The number of phenols is 1. The number of hydrogen-bond acceptors (Lipinski definition) is 2. The molecule has 108 valence electrons. The Labute approximate surface area is 126 Å². The largest absolute Gasteiger partial charge is 0.508 e. The summed E-state index contributed by atoms with van der Waals surface area (Å²) < 4.78 is 13.5. The van der Waals surface area contributed by atoms with E-state index in [-0.39, 0.29) is 22.2 Å². The van der Waals surface area contributed by atoms with E-state index < -0.39 is 5.82 Å². The molecule has 2 aromatic rings. The smallest absolute Gasteiger partial charge is 0.255 e. The summed E-state index contributed by atoms with van der Waals surface area (Å²) in [6, 6.07) is 9.37. The number of rotatable bonds is 1. The summed E-state index contributed by atoms with van der Waals surface area (Å²) in [7, 11) is 0. The van der Waals surface area contributed by atoms with Gasteiger partial charge in [0.1, 0.15) is 11.6 Å². The van der Waals surface area contributed by atoms with Gasteiger partial charge in [0.15, 0.2) is 0 Å². The number of benzene rings is 2. The van der Waals surface area contributed by atoms with Crippen molar-refractivity contribution in [2.75, 3.05) is 6.54 Å². The number of halogens is 2. The molecule has 1 aliphatic heterocycles. The maximum atomic E-state index is 13.5. The highest BCUT2D eigenvalue weighted by Gasteiger charge is 2.24. The second-order valence-corrected chi connectivity index (χ2v) is 5.41. The summed E-state index contributed by atoms with van der Waals surface area (Å²) in [5, 5.41) is 9.39. The fourth-order valence-electron chi connectivity index (χ4n) is 2.56. The molecule has 0 fully saturated rings. The van der Waals surface area contributed by atoms with E-state index in [4.69, 9.17) is 11.6 Å². The number of phenolic OH excluding ortho intramolecular Hbond substituents is 1. The summed E-state index contributed by atoms with van der Waals surface area (Å²) in [6.45, 7) is 0.929. The Kier molecular flexibility index (Phi) is 3.55. The lowest BCUT2D eigenvalue weighted by Gasteiger charge is -2.29. The zero-order valence-corrected chi connectivity index (χ0v) is 11.9. The van der Waals surface area contributed by atoms with Gasteiger partial charge in [0.05, 0.1) is 10.6 Å². The SMILES string of the molecule is O=C(c1cccc(F)c1Cl)N1CCc2ccc(O)cc2C1. The van der Waals surface area contributed by atoms with E-state index in [0.717, 1.165) is 11.1 Å². The molecule has 0 unspecified atom stereocenters. The van der Waals surface area contributed by atoms with Gasteiger partial charge in [-0.3, -0.25) is 4.79 Å². The van der Waals surface area contributed by atoms with Crippen LogP contribution in [0.2, 0.25) is 5.02 Å². The molecule has 0 aromatic heterocycles. The Morgan fingerprint density at radius 3 is 2.86 bits per heavy atom. The van der Waals surface area contributed by atoms with Crippen LogP contribution in [-0.4, -0.2) is 22.5 Å². The lowest BCUT2D eigenvalue weighted by Crippen LogP contribution is -2.36. The van der Waals surface area contributed by atoms with Crippen molar-refractivity contribution in [1.82, 2.24) is 4.90 Å². The van der Waals surface area contributed by atoms with Crippen molar-refractivity contribution in [1.29, 1.82) is 0 Å². The highest BCUT2D eigenvalue weighted by molar-refractivity contribution is 6.34. The van der Waals surface area contributed by atoms with Crippen LogP contribution in [0.4, 0.5) is 4.39 Å². The standard InChI is InChI=1S/C16H13ClFNO2/c17-15-13(2-1-3-14(15)18)16(21)19-7-6-10-4-5-12(20)8-11(10)9-19/h1-5,8,20H,6-7,9H2. The van der Waals surface area contributed by atoms with Gasteiger partial charge in [-0.15, -0.1) is 0 Å². The van der Waals surface area contributed by atoms with Crippen LogP contribution in [0.1, 0.15) is 21.5 Å². The van der Waals surface area contributed by atoms with Gasteiger partial charge in [-0.05, 0) is 41.8 Å². The Bertz CT molecular complexity index is 717. The monoisotopic (exact) mass is 305 g/mol. The average molecular weight is 306 g/mol. The van der Waals surface area contributed by atoms with E-state index in [1.165, 1.54) is 18.2 Å². The van der Waals surface area contributed by atoms with Crippen LogP contribution < -0.4 is 0 Å². The van der Waals surface area contributed by atoms with Gasteiger partial charge in [-0.25, -0.2) is 4.39 Å². The van der Waals surface area contributed by atoms with Crippen LogP contribution in [0.15, 0.2) is 36.4 Å². The van der Waals surface area contributed by atoms with Gasteiger partial charge >= 0.3 is 0 Å². The van der Waals surface area contributed by atoms with Gasteiger partial charge < -0.3 is 10.0 Å². The Morgan fingerprint density at radius 2 is 2.05 bits per heavy atom. The second-order valence-electron chi connectivity index (χ2n) is 5.03. The third-order valence-electron chi connectivity index (χ3n) is 3.67. The Morgan fingerprint density at radius 1 is 1.24 bits per heavy atom. The van der Waals surface area contributed by atoms with Crippen LogP contribution in [0.25, 0.3) is 0 Å². The van der Waals surface area contributed by atoms with Crippen LogP contribution in [0.3, 0.4) is 0 Å². The maximum absolute atomic E-state index is 13.5.